The number of ether oxygens (including phenoxy) is 2. The quantitative estimate of drug-likeness (QED) is 0.264. The van der Waals surface area contributed by atoms with Crippen molar-refractivity contribution < 1.29 is 24.5 Å². The van der Waals surface area contributed by atoms with Crippen molar-refractivity contribution in [2.45, 2.75) is 69.9 Å². The number of aliphatic hydroxyl groups is 1. The first-order chi connectivity index (χ1) is 17.0. The Morgan fingerprint density at radius 1 is 1.29 bits per heavy atom. The van der Waals surface area contributed by atoms with Crippen LogP contribution in [0.3, 0.4) is 0 Å². The lowest BCUT2D eigenvalue weighted by Crippen LogP contribution is -2.31. The van der Waals surface area contributed by atoms with Crippen molar-refractivity contribution in [2.75, 3.05) is 6.61 Å². The number of hydrogen-bond acceptors (Lipinski definition) is 5. The van der Waals surface area contributed by atoms with E-state index in [1.54, 1.807) is 11.3 Å². The number of carboxylic acids is 1. The highest BCUT2D eigenvalue weighted by Gasteiger charge is 2.39. The molecule has 0 bridgehead atoms. The van der Waals surface area contributed by atoms with Crippen molar-refractivity contribution in [3.8, 4) is 0 Å². The number of benzene rings is 1. The predicted octanol–water partition coefficient (Wildman–Crippen LogP) is 6.80. The third-order valence-corrected chi connectivity index (χ3v) is 8.10. The Bertz CT molecular complexity index is 1020. The van der Waals surface area contributed by atoms with E-state index in [2.05, 4.69) is 43.0 Å². The summed E-state index contributed by atoms with van der Waals surface area (Å²) in [7, 11) is 0. The van der Waals surface area contributed by atoms with E-state index >= 15 is 0 Å². The zero-order valence-corrected chi connectivity index (χ0v) is 21.0. The molecule has 2 aliphatic rings. The fraction of sp³-hybridized carbons (Fsp3) is 0.483. The summed E-state index contributed by atoms with van der Waals surface area (Å²) in [6.07, 6.45) is 13.7. The lowest BCUT2D eigenvalue weighted by Gasteiger charge is -2.29. The fourth-order valence-electron chi connectivity index (χ4n) is 5.03. The molecule has 1 saturated heterocycles. The molecule has 1 saturated carbocycles. The number of rotatable bonds is 11. The van der Waals surface area contributed by atoms with E-state index in [1.165, 1.54) is 4.70 Å². The van der Waals surface area contributed by atoms with E-state index in [1.807, 2.05) is 18.2 Å². The van der Waals surface area contributed by atoms with Crippen LogP contribution in [0.25, 0.3) is 10.1 Å². The summed E-state index contributed by atoms with van der Waals surface area (Å²) in [6.45, 7) is 5.10. The van der Waals surface area contributed by atoms with Gasteiger partial charge in [-0.05, 0) is 68.4 Å². The maximum absolute atomic E-state index is 10.9. The van der Waals surface area contributed by atoms with Gasteiger partial charge >= 0.3 is 5.97 Å². The fourth-order valence-corrected chi connectivity index (χ4v) is 6.06. The van der Waals surface area contributed by atoms with Gasteiger partial charge in [0.1, 0.15) is 6.10 Å². The Hall–Kier alpha value is -2.25. The molecule has 35 heavy (non-hydrogen) atoms. The van der Waals surface area contributed by atoms with Crippen LogP contribution >= 0.6 is 11.3 Å². The zero-order chi connectivity index (χ0) is 24.6. The molecule has 5 nitrogen and oxygen atoms in total. The second kappa shape index (κ2) is 12.6. The van der Waals surface area contributed by atoms with Crippen LogP contribution in [0.15, 0.2) is 66.8 Å². The van der Waals surface area contributed by atoms with Crippen molar-refractivity contribution >= 4 is 27.4 Å². The monoisotopic (exact) mass is 496 g/mol. The second-order valence-corrected chi connectivity index (χ2v) is 10.6. The summed E-state index contributed by atoms with van der Waals surface area (Å²) >= 11 is 1.62. The van der Waals surface area contributed by atoms with E-state index in [9.17, 15) is 9.90 Å². The van der Waals surface area contributed by atoms with E-state index in [-0.39, 0.29) is 30.7 Å². The van der Waals surface area contributed by atoms with Gasteiger partial charge in [0.2, 0.25) is 0 Å². The van der Waals surface area contributed by atoms with Crippen LogP contribution in [0.1, 0.15) is 62.3 Å². The molecule has 2 fully saturated rings. The number of carbonyl (C=O) groups is 1. The first-order valence-corrected chi connectivity index (χ1v) is 13.5. The molecular weight excluding hydrogens is 460 g/mol. The minimum absolute atomic E-state index is 0.0189. The van der Waals surface area contributed by atoms with Crippen LogP contribution in [-0.4, -0.2) is 35.2 Å². The highest BCUT2D eigenvalue weighted by atomic mass is 32.1. The maximum Gasteiger partial charge on any atom is 0.303 e. The summed E-state index contributed by atoms with van der Waals surface area (Å²) < 4.78 is 13.4. The molecule has 2 N–H and O–H groups in total. The smallest absolute Gasteiger partial charge is 0.303 e. The number of carboxylic acid groups (broad SMARTS) is 1. The van der Waals surface area contributed by atoms with Gasteiger partial charge in [0.15, 0.2) is 6.29 Å². The zero-order valence-electron chi connectivity index (χ0n) is 20.2. The molecule has 2 aromatic rings. The molecule has 1 aromatic carbocycles. The molecule has 2 heterocycles. The number of fused-ring (bicyclic) bond motifs is 1. The Balaban J connectivity index is 1.44. The topological polar surface area (TPSA) is 76.0 Å². The lowest BCUT2D eigenvalue weighted by atomic mass is 9.89. The summed E-state index contributed by atoms with van der Waals surface area (Å²) in [6, 6.07) is 10.2. The number of allylic oxidation sites excluding steroid dienone is 3. The minimum Gasteiger partial charge on any atom is -0.481 e. The average Bonchev–Trinajstić information content (AvgIpc) is 3.41. The van der Waals surface area contributed by atoms with Crippen molar-refractivity contribution in [3.05, 3.63) is 71.7 Å². The molecule has 1 aromatic heterocycles. The summed E-state index contributed by atoms with van der Waals surface area (Å²) in [5.41, 5.74) is 1.12. The third kappa shape index (κ3) is 7.14. The van der Waals surface area contributed by atoms with Gasteiger partial charge in [-0.2, -0.15) is 0 Å². The van der Waals surface area contributed by atoms with Gasteiger partial charge < -0.3 is 19.7 Å². The van der Waals surface area contributed by atoms with Crippen LogP contribution in [0.5, 0.6) is 0 Å². The summed E-state index contributed by atoms with van der Waals surface area (Å²) in [5, 5.41) is 20.9. The summed E-state index contributed by atoms with van der Waals surface area (Å²) in [4.78, 5) is 11.7. The first-order valence-electron chi connectivity index (χ1n) is 12.7. The average molecular weight is 497 g/mol. The van der Waals surface area contributed by atoms with Crippen molar-refractivity contribution in [3.63, 3.8) is 0 Å². The molecular formula is C29H36O5S. The van der Waals surface area contributed by atoms with Gasteiger partial charge in [0.25, 0.3) is 0 Å². The van der Waals surface area contributed by atoms with E-state index in [4.69, 9.17) is 14.6 Å². The Morgan fingerprint density at radius 2 is 2.14 bits per heavy atom. The number of aliphatic carboxylic acids is 1. The highest BCUT2D eigenvalue weighted by Crippen LogP contribution is 2.42. The van der Waals surface area contributed by atoms with E-state index in [0.29, 0.717) is 6.42 Å². The van der Waals surface area contributed by atoms with Gasteiger partial charge in [-0.15, -0.1) is 11.3 Å². The van der Waals surface area contributed by atoms with Gasteiger partial charge in [-0.25, -0.2) is 0 Å². The van der Waals surface area contributed by atoms with E-state index in [0.717, 1.165) is 61.0 Å². The highest BCUT2D eigenvalue weighted by molar-refractivity contribution is 7.19. The summed E-state index contributed by atoms with van der Waals surface area (Å²) in [5.74, 6) is -0.445. The number of unbranched alkanes of at least 4 members (excludes halogenated alkanes) is 1. The molecule has 188 valence electrons. The molecule has 0 spiro atoms. The van der Waals surface area contributed by atoms with Crippen LogP contribution < -0.4 is 0 Å². The van der Waals surface area contributed by atoms with E-state index < -0.39 is 12.1 Å². The van der Waals surface area contributed by atoms with Crippen LogP contribution in [0.2, 0.25) is 0 Å². The third-order valence-electron chi connectivity index (χ3n) is 6.91. The maximum atomic E-state index is 10.9. The SMILES string of the molecule is C=C1C[C@H](OC2CCCCO2)[C@H](CC=CCCCC(=O)O)[C@H]1C=CC(O)c1cc2ccccc2s1. The van der Waals surface area contributed by atoms with Gasteiger partial charge in [0, 0.05) is 28.5 Å². The van der Waals surface area contributed by atoms with Crippen LogP contribution in [-0.2, 0) is 14.3 Å². The largest absolute Gasteiger partial charge is 0.481 e. The normalized spacial score (nSPS) is 26.3. The Kier molecular flexibility index (Phi) is 9.32. The Labute approximate surface area is 211 Å². The van der Waals surface area contributed by atoms with Gasteiger partial charge in [-0.3, -0.25) is 4.79 Å². The standard InChI is InChI=1S/C29H36O5S/c1-20-18-25(34-29-14-8-9-17-33-29)23(11-4-2-3-5-13-28(31)32)22(20)15-16-24(30)27-19-21-10-6-7-12-26(21)35-27/h2,4,6-7,10,12,15-16,19,22-25,29-30H,1,3,5,8-9,11,13-14,17-18H2,(H,31,32)/t22-,23+,24?,25-,29?/m0/s1. The van der Waals surface area contributed by atoms with Crippen molar-refractivity contribution in [2.24, 2.45) is 11.8 Å². The van der Waals surface area contributed by atoms with Crippen molar-refractivity contribution in [1.29, 1.82) is 0 Å². The minimum atomic E-state index is -0.756. The van der Waals surface area contributed by atoms with Crippen molar-refractivity contribution in [1.82, 2.24) is 0 Å². The molecule has 1 aliphatic carbocycles. The second-order valence-electron chi connectivity index (χ2n) is 9.53. The van der Waals surface area contributed by atoms with Gasteiger partial charge in [0.05, 0.1) is 6.10 Å². The molecule has 2 unspecified atom stereocenters. The van der Waals surface area contributed by atoms with Crippen LogP contribution in [0.4, 0.5) is 0 Å². The van der Waals surface area contributed by atoms with Gasteiger partial charge in [-0.1, -0.05) is 54.7 Å². The molecule has 0 radical (unpaired) electrons. The lowest BCUT2D eigenvalue weighted by molar-refractivity contribution is -0.194. The number of hydrogen-bond donors (Lipinski definition) is 2. The predicted molar refractivity (Wildman–Crippen MR) is 140 cm³/mol. The molecule has 4 rings (SSSR count). The number of thiophene rings is 1. The number of aliphatic hydroxyl groups excluding tert-OH is 1. The molecule has 6 heteroatoms. The first kappa shape index (κ1) is 25.8. The Morgan fingerprint density at radius 3 is 2.91 bits per heavy atom. The van der Waals surface area contributed by atoms with Crippen LogP contribution in [0, 0.1) is 11.8 Å². The molecule has 0 amide bonds. The molecule has 5 atom stereocenters. The molecule has 1 aliphatic heterocycles.